The topological polar surface area (TPSA) is 68.3 Å². The number of ether oxygens (including phenoxy) is 1. The first-order valence-corrected chi connectivity index (χ1v) is 10.4. The van der Waals surface area contributed by atoms with Crippen LogP contribution in [0, 0.1) is 0 Å². The summed E-state index contributed by atoms with van der Waals surface area (Å²) in [4.78, 5) is 3.47. The average Bonchev–Trinajstić information content (AvgIpc) is 2.69. The van der Waals surface area contributed by atoms with Crippen molar-refractivity contribution in [1.82, 2.24) is 4.98 Å². The monoisotopic (exact) mass is 456 g/mol. The molecule has 5 nitrogen and oxygen atoms in total. The van der Waals surface area contributed by atoms with Crippen LogP contribution in [0.1, 0.15) is 16.7 Å². The highest BCUT2D eigenvalue weighted by Gasteiger charge is 2.32. The van der Waals surface area contributed by atoms with E-state index < -0.39 is 32.6 Å². The van der Waals surface area contributed by atoms with E-state index in [0.29, 0.717) is 30.0 Å². The first-order chi connectivity index (χ1) is 14.1. The van der Waals surface area contributed by atoms with Crippen LogP contribution in [0.5, 0.6) is 5.75 Å². The standard InChI is InChI=1S/C20H16ClF3N2O3S/c1-29-16-7-8-18(14(10-16)9-13-5-3-2-4-6-13)30(27,28)26-19-17(21)11-15(12-25-19)20(22,23)24/h2-8,10-12H,9H2,1H3,(H,25,26). The first-order valence-electron chi connectivity index (χ1n) is 8.56. The summed E-state index contributed by atoms with van der Waals surface area (Å²) in [7, 11) is -2.74. The van der Waals surface area contributed by atoms with Crippen molar-refractivity contribution in [3.05, 3.63) is 82.5 Å². The number of halogens is 4. The van der Waals surface area contributed by atoms with Crippen LogP contribution < -0.4 is 9.46 Å². The highest BCUT2D eigenvalue weighted by Crippen LogP contribution is 2.33. The summed E-state index contributed by atoms with van der Waals surface area (Å²) in [6.07, 6.45) is -3.84. The maximum absolute atomic E-state index is 13.0. The van der Waals surface area contributed by atoms with E-state index in [9.17, 15) is 21.6 Å². The third-order valence-corrected chi connectivity index (χ3v) is 5.92. The van der Waals surface area contributed by atoms with E-state index in [4.69, 9.17) is 16.3 Å². The van der Waals surface area contributed by atoms with Gasteiger partial charge in [0.15, 0.2) is 5.82 Å². The lowest BCUT2D eigenvalue weighted by molar-refractivity contribution is -0.137. The Balaban J connectivity index is 1.98. The molecule has 0 radical (unpaired) electrons. The fraction of sp³-hybridized carbons (Fsp3) is 0.150. The minimum absolute atomic E-state index is 0.0649. The fourth-order valence-corrected chi connectivity index (χ4v) is 4.27. The second-order valence-corrected chi connectivity index (χ2v) is 8.35. The van der Waals surface area contributed by atoms with Gasteiger partial charge in [0.05, 0.1) is 22.6 Å². The molecule has 0 amide bonds. The Morgan fingerprint density at radius 1 is 1.10 bits per heavy atom. The van der Waals surface area contributed by atoms with Crippen molar-refractivity contribution in [2.45, 2.75) is 17.5 Å². The molecule has 2 aromatic carbocycles. The van der Waals surface area contributed by atoms with Crippen LogP contribution in [0.2, 0.25) is 5.02 Å². The van der Waals surface area contributed by atoms with E-state index in [1.54, 1.807) is 6.07 Å². The lowest BCUT2D eigenvalue weighted by Gasteiger charge is -2.15. The zero-order valence-corrected chi connectivity index (χ0v) is 17.1. The molecule has 0 atom stereocenters. The van der Waals surface area contributed by atoms with Crippen LogP contribution >= 0.6 is 11.6 Å². The largest absolute Gasteiger partial charge is 0.497 e. The predicted octanol–water partition coefficient (Wildman–Crippen LogP) is 5.15. The Hall–Kier alpha value is -2.78. The summed E-state index contributed by atoms with van der Waals surface area (Å²) in [5.41, 5.74) is 0.230. The molecule has 158 valence electrons. The normalized spacial score (nSPS) is 11.9. The summed E-state index contributed by atoms with van der Waals surface area (Å²) < 4.78 is 71.7. The summed E-state index contributed by atoms with van der Waals surface area (Å²) in [5, 5.41) is -0.466. The highest BCUT2D eigenvalue weighted by atomic mass is 35.5. The number of nitrogens with zero attached hydrogens (tertiary/aromatic N) is 1. The predicted molar refractivity (Wildman–Crippen MR) is 107 cm³/mol. The Morgan fingerprint density at radius 2 is 1.80 bits per heavy atom. The minimum atomic E-state index is -4.65. The molecule has 0 bridgehead atoms. The number of aromatic nitrogens is 1. The zero-order chi connectivity index (χ0) is 21.9. The van der Waals surface area contributed by atoms with Gasteiger partial charge in [0.1, 0.15) is 5.75 Å². The number of benzene rings is 2. The molecule has 0 fully saturated rings. The van der Waals surface area contributed by atoms with Gasteiger partial charge in [-0.3, -0.25) is 4.72 Å². The second-order valence-electron chi connectivity index (χ2n) is 6.29. The molecule has 0 saturated carbocycles. The van der Waals surface area contributed by atoms with Gasteiger partial charge in [0, 0.05) is 6.20 Å². The van der Waals surface area contributed by atoms with Gasteiger partial charge in [-0.05, 0) is 41.8 Å². The van der Waals surface area contributed by atoms with Crippen LogP contribution in [-0.4, -0.2) is 20.5 Å². The summed E-state index contributed by atoms with van der Waals surface area (Å²) >= 11 is 5.84. The number of hydrogen-bond acceptors (Lipinski definition) is 4. The van der Waals surface area contributed by atoms with Crippen molar-refractivity contribution in [1.29, 1.82) is 0 Å². The van der Waals surface area contributed by atoms with Crippen LogP contribution in [0.4, 0.5) is 19.0 Å². The van der Waals surface area contributed by atoms with E-state index in [1.807, 2.05) is 30.3 Å². The van der Waals surface area contributed by atoms with Gasteiger partial charge in [-0.2, -0.15) is 13.2 Å². The number of alkyl halides is 3. The first kappa shape index (κ1) is 21.9. The molecule has 3 aromatic rings. The molecular formula is C20H16ClF3N2O3S. The molecule has 3 rings (SSSR count). The fourth-order valence-electron chi connectivity index (χ4n) is 2.75. The molecule has 0 spiro atoms. The Labute approximate surface area is 176 Å². The van der Waals surface area contributed by atoms with Crippen molar-refractivity contribution in [3.8, 4) is 5.75 Å². The van der Waals surface area contributed by atoms with Crippen LogP contribution in [-0.2, 0) is 22.6 Å². The van der Waals surface area contributed by atoms with Gasteiger partial charge in [0.25, 0.3) is 10.0 Å². The molecule has 0 unspecified atom stereocenters. The maximum atomic E-state index is 13.0. The van der Waals surface area contributed by atoms with Crippen LogP contribution in [0.3, 0.4) is 0 Å². The lowest BCUT2D eigenvalue weighted by Crippen LogP contribution is -2.17. The van der Waals surface area contributed by atoms with Gasteiger partial charge in [-0.15, -0.1) is 0 Å². The summed E-state index contributed by atoms with van der Waals surface area (Å²) in [5.74, 6) is 0.0664. The molecule has 1 aromatic heterocycles. The van der Waals surface area contributed by atoms with E-state index in [1.165, 1.54) is 19.2 Å². The highest BCUT2D eigenvalue weighted by molar-refractivity contribution is 7.92. The Bertz CT molecular complexity index is 1150. The Kier molecular flexibility index (Phi) is 6.23. The van der Waals surface area contributed by atoms with Gasteiger partial charge >= 0.3 is 6.18 Å². The van der Waals surface area contributed by atoms with Gasteiger partial charge in [-0.25, -0.2) is 13.4 Å². The molecule has 10 heteroatoms. The molecule has 1 heterocycles. The van der Waals surface area contributed by atoms with Crippen LogP contribution in [0.15, 0.2) is 65.7 Å². The lowest BCUT2D eigenvalue weighted by atomic mass is 10.0. The molecule has 30 heavy (non-hydrogen) atoms. The number of sulfonamides is 1. The van der Waals surface area contributed by atoms with E-state index in [0.717, 1.165) is 5.56 Å². The van der Waals surface area contributed by atoms with Crippen molar-refractivity contribution in [2.24, 2.45) is 0 Å². The molecule has 0 aliphatic carbocycles. The summed E-state index contributed by atoms with van der Waals surface area (Å²) in [6, 6.07) is 14.2. The SMILES string of the molecule is COc1ccc(S(=O)(=O)Nc2ncc(C(F)(F)F)cc2Cl)c(Cc2ccccc2)c1. The van der Waals surface area contributed by atoms with Gasteiger partial charge in [-0.1, -0.05) is 41.9 Å². The van der Waals surface area contributed by atoms with E-state index >= 15 is 0 Å². The maximum Gasteiger partial charge on any atom is 0.417 e. The third kappa shape index (κ3) is 5.03. The molecule has 0 aliphatic heterocycles. The van der Waals surface area contributed by atoms with Gasteiger partial charge < -0.3 is 4.74 Å². The number of nitrogens with one attached hydrogen (secondary N) is 1. The van der Waals surface area contributed by atoms with Crippen molar-refractivity contribution in [2.75, 3.05) is 11.8 Å². The van der Waals surface area contributed by atoms with Gasteiger partial charge in [0.2, 0.25) is 0 Å². The van der Waals surface area contributed by atoms with E-state index in [-0.39, 0.29) is 4.90 Å². The number of anilines is 1. The summed E-state index contributed by atoms with van der Waals surface area (Å²) in [6.45, 7) is 0. The number of methoxy groups -OCH3 is 1. The van der Waals surface area contributed by atoms with E-state index in [2.05, 4.69) is 9.71 Å². The minimum Gasteiger partial charge on any atom is -0.497 e. The number of rotatable bonds is 6. The third-order valence-electron chi connectivity index (χ3n) is 4.19. The number of hydrogen-bond donors (Lipinski definition) is 1. The second kappa shape index (κ2) is 8.53. The number of pyridine rings is 1. The van der Waals surface area contributed by atoms with Crippen molar-refractivity contribution < 1.29 is 26.3 Å². The molecular weight excluding hydrogens is 441 g/mol. The zero-order valence-electron chi connectivity index (χ0n) is 15.6. The Morgan fingerprint density at radius 3 is 2.40 bits per heavy atom. The smallest absolute Gasteiger partial charge is 0.417 e. The molecule has 0 aliphatic rings. The molecule has 1 N–H and O–H groups in total. The van der Waals surface area contributed by atoms with Crippen LogP contribution in [0.25, 0.3) is 0 Å². The molecule has 0 saturated heterocycles. The van der Waals surface area contributed by atoms with Crippen molar-refractivity contribution >= 4 is 27.4 Å². The van der Waals surface area contributed by atoms with Crippen molar-refractivity contribution in [3.63, 3.8) is 0 Å². The average molecular weight is 457 g/mol. The quantitative estimate of drug-likeness (QED) is 0.556.